The van der Waals surface area contributed by atoms with Crippen LogP contribution < -0.4 is 16.4 Å². The number of carbonyl (C=O) groups is 1. The summed E-state index contributed by atoms with van der Waals surface area (Å²) < 4.78 is 5.26. The van der Waals surface area contributed by atoms with Gasteiger partial charge in [-0.2, -0.15) is 0 Å². The second-order valence-corrected chi connectivity index (χ2v) is 4.30. The Morgan fingerprint density at radius 1 is 1.50 bits per heavy atom. The monoisotopic (exact) mass is 249 g/mol. The minimum absolute atomic E-state index is 0.0258. The number of hydrogen-bond acceptors (Lipinski definition) is 4. The van der Waals surface area contributed by atoms with Gasteiger partial charge in [0.05, 0.1) is 17.8 Å². The molecular weight excluding hydrogens is 230 g/mol. The fourth-order valence-electron chi connectivity index (χ4n) is 1.99. The van der Waals surface area contributed by atoms with Crippen LogP contribution in [0.3, 0.4) is 0 Å². The zero-order valence-corrected chi connectivity index (χ0v) is 10.6. The molecule has 0 saturated heterocycles. The van der Waals surface area contributed by atoms with E-state index in [1.54, 1.807) is 0 Å². The van der Waals surface area contributed by atoms with Crippen LogP contribution in [0, 0.1) is 0 Å². The van der Waals surface area contributed by atoms with Gasteiger partial charge in [-0.15, -0.1) is 0 Å². The summed E-state index contributed by atoms with van der Waals surface area (Å²) in [6.45, 7) is 4.27. The molecule has 1 heterocycles. The van der Waals surface area contributed by atoms with Crippen molar-refractivity contribution in [3.63, 3.8) is 0 Å². The minimum Gasteiger partial charge on any atom is -0.397 e. The Morgan fingerprint density at radius 2 is 2.33 bits per heavy atom. The largest absolute Gasteiger partial charge is 0.397 e. The molecule has 5 heteroatoms. The summed E-state index contributed by atoms with van der Waals surface area (Å²) in [5, 5.41) is 6.08. The van der Waals surface area contributed by atoms with E-state index in [0.717, 1.165) is 43.1 Å². The Kier molecular flexibility index (Phi) is 4.04. The van der Waals surface area contributed by atoms with Crippen molar-refractivity contribution in [1.82, 2.24) is 0 Å². The van der Waals surface area contributed by atoms with Gasteiger partial charge in [0.1, 0.15) is 0 Å². The summed E-state index contributed by atoms with van der Waals surface area (Å²) in [4.78, 5) is 11.3. The first kappa shape index (κ1) is 12.7. The van der Waals surface area contributed by atoms with Crippen molar-refractivity contribution in [2.45, 2.75) is 19.8 Å². The van der Waals surface area contributed by atoms with Gasteiger partial charge in [-0.05, 0) is 31.0 Å². The Bertz CT molecular complexity index is 446. The lowest BCUT2D eigenvalue weighted by Crippen LogP contribution is -2.08. The zero-order chi connectivity index (χ0) is 13.0. The molecule has 0 spiro atoms. The SMILES string of the molecule is CCOCCCNc1cc2c(cc1N)CC(=O)N2. The molecular formula is C13H19N3O2. The van der Waals surface area contributed by atoms with E-state index in [1.807, 2.05) is 19.1 Å². The maximum Gasteiger partial charge on any atom is 0.228 e. The molecule has 0 aliphatic carbocycles. The lowest BCUT2D eigenvalue weighted by atomic mass is 10.1. The second-order valence-electron chi connectivity index (χ2n) is 4.30. The summed E-state index contributed by atoms with van der Waals surface area (Å²) in [7, 11) is 0. The molecule has 98 valence electrons. The van der Waals surface area contributed by atoms with Gasteiger partial charge >= 0.3 is 0 Å². The first-order chi connectivity index (χ1) is 8.70. The molecule has 1 aromatic carbocycles. The standard InChI is InChI=1S/C13H19N3O2/c1-2-18-5-3-4-15-12-8-11-9(6-10(12)14)7-13(17)16-11/h6,8,15H,2-5,7,14H2,1H3,(H,16,17). The molecule has 0 fully saturated rings. The van der Waals surface area contributed by atoms with E-state index in [1.165, 1.54) is 0 Å². The van der Waals surface area contributed by atoms with Crippen molar-refractivity contribution in [3.05, 3.63) is 17.7 Å². The van der Waals surface area contributed by atoms with Crippen LogP contribution in [0.2, 0.25) is 0 Å². The van der Waals surface area contributed by atoms with Crippen LogP contribution in [0.25, 0.3) is 0 Å². The predicted molar refractivity (Wildman–Crippen MR) is 72.8 cm³/mol. The smallest absolute Gasteiger partial charge is 0.228 e. The molecule has 4 N–H and O–H groups in total. The van der Waals surface area contributed by atoms with E-state index in [-0.39, 0.29) is 5.91 Å². The summed E-state index contributed by atoms with van der Waals surface area (Å²) in [5.74, 6) is 0.0258. The molecule has 2 rings (SSSR count). The van der Waals surface area contributed by atoms with Crippen LogP contribution in [0.4, 0.5) is 17.1 Å². The molecule has 1 aliphatic rings. The highest BCUT2D eigenvalue weighted by molar-refractivity contribution is 6.00. The number of hydrogen-bond donors (Lipinski definition) is 3. The third kappa shape index (κ3) is 2.92. The Balaban J connectivity index is 1.93. The zero-order valence-electron chi connectivity index (χ0n) is 10.6. The number of rotatable bonds is 6. The van der Waals surface area contributed by atoms with Crippen LogP contribution in [0.15, 0.2) is 12.1 Å². The third-order valence-electron chi connectivity index (χ3n) is 2.89. The number of ether oxygens (including phenoxy) is 1. The van der Waals surface area contributed by atoms with Gasteiger partial charge in [-0.3, -0.25) is 4.79 Å². The van der Waals surface area contributed by atoms with E-state index in [4.69, 9.17) is 10.5 Å². The average molecular weight is 249 g/mol. The molecule has 0 bridgehead atoms. The van der Waals surface area contributed by atoms with Crippen LogP contribution in [-0.4, -0.2) is 25.7 Å². The van der Waals surface area contributed by atoms with Crippen LogP contribution in [0.5, 0.6) is 0 Å². The maximum atomic E-state index is 11.3. The number of nitrogens with one attached hydrogen (secondary N) is 2. The van der Waals surface area contributed by atoms with Gasteiger partial charge in [0.2, 0.25) is 5.91 Å². The summed E-state index contributed by atoms with van der Waals surface area (Å²) >= 11 is 0. The Morgan fingerprint density at radius 3 is 3.11 bits per heavy atom. The topological polar surface area (TPSA) is 76.4 Å². The molecule has 1 aliphatic heterocycles. The van der Waals surface area contributed by atoms with E-state index in [2.05, 4.69) is 10.6 Å². The van der Waals surface area contributed by atoms with Crippen LogP contribution in [0.1, 0.15) is 18.9 Å². The van der Waals surface area contributed by atoms with Crippen LogP contribution in [-0.2, 0) is 16.0 Å². The van der Waals surface area contributed by atoms with Gasteiger partial charge in [-0.1, -0.05) is 0 Å². The highest BCUT2D eigenvalue weighted by atomic mass is 16.5. The van der Waals surface area contributed by atoms with E-state index in [9.17, 15) is 4.79 Å². The lowest BCUT2D eigenvalue weighted by Gasteiger charge is -2.11. The summed E-state index contributed by atoms with van der Waals surface area (Å²) in [5.41, 5.74) is 9.33. The summed E-state index contributed by atoms with van der Waals surface area (Å²) in [6.07, 6.45) is 1.35. The average Bonchev–Trinajstić information content (AvgIpc) is 2.68. The molecule has 0 radical (unpaired) electrons. The molecule has 5 nitrogen and oxygen atoms in total. The van der Waals surface area contributed by atoms with Gasteiger partial charge in [0.15, 0.2) is 0 Å². The predicted octanol–water partition coefficient (Wildman–Crippen LogP) is 1.60. The fourth-order valence-corrected chi connectivity index (χ4v) is 1.99. The van der Waals surface area contributed by atoms with Crippen LogP contribution >= 0.6 is 0 Å². The van der Waals surface area contributed by atoms with E-state index < -0.39 is 0 Å². The van der Waals surface area contributed by atoms with Crippen molar-refractivity contribution in [1.29, 1.82) is 0 Å². The molecule has 0 atom stereocenters. The highest BCUT2D eigenvalue weighted by Gasteiger charge is 2.18. The normalized spacial score (nSPS) is 13.3. The van der Waals surface area contributed by atoms with Crippen molar-refractivity contribution < 1.29 is 9.53 Å². The summed E-state index contributed by atoms with van der Waals surface area (Å²) in [6, 6.07) is 3.76. The number of nitrogen functional groups attached to an aromatic ring is 1. The van der Waals surface area contributed by atoms with E-state index >= 15 is 0 Å². The van der Waals surface area contributed by atoms with Gasteiger partial charge in [-0.25, -0.2) is 0 Å². The quantitative estimate of drug-likeness (QED) is 0.528. The third-order valence-corrected chi connectivity index (χ3v) is 2.89. The molecule has 18 heavy (non-hydrogen) atoms. The molecule has 0 aromatic heterocycles. The van der Waals surface area contributed by atoms with Crippen molar-refractivity contribution in [3.8, 4) is 0 Å². The van der Waals surface area contributed by atoms with Crippen molar-refractivity contribution in [2.75, 3.05) is 36.1 Å². The van der Waals surface area contributed by atoms with Crippen molar-refractivity contribution in [2.24, 2.45) is 0 Å². The molecule has 0 saturated carbocycles. The molecule has 0 unspecified atom stereocenters. The molecule has 1 aromatic rings. The number of fused-ring (bicyclic) bond motifs is 1. The van der Waals surface area contributed by atoms with Crippen molar-refractivity contribution >= 4 is 23.0 Å². The number of amides is 1. The minimum atomic E-state index is 0.0258. The number of carbonyl (C=O) groups excluding carboxylic acids is 1. The fraction of sp³-hybridized carbons (Fsp3) is 0.462. The Hall–Kier alpha value is -1.75. The van der Waals surface area contributed by atoms with Gasteiger partial charge < -0.3 is 21.1 Å². The second kappa shape index (κ2) is 5.73. The van der Waals surface area contributed by atoms with E-state index in [0.29, 0.717) is 12.1 Å². The number of nitrogens with two attached hydrogens (primary N) is 1. The number of anilines is 3. The van der Waals surface area contributed by atoms with Gasteiger partial charge in [0.25, 0.3) is 0 Å². The molecule has 1 amide bonds. The highest BCUT2D eigenvalue weighted by Crippen LogP contribution is 2.31. The lowest BCUT2D eigenvalue weighted by molar-refractivity contribution is -0.115. The van der Waals surface area contributed by atoms with Gasteiger partial charge in [0, 0.05) is 25.4 Å². The first-order valence-corrected chi connectivity index (χ1v) is 6.24. The first-order valence-electron chi connectivity index (χ1n) is 6.24. The maximum absolute atomic E-state index is 11.3. The number of benzene rings is 1. The Labute approximate surface area is 107 Å².